The second-order valence-electron chi connectivity index (χ2n) is 5.87. The van der Waals surface area contributed by atoms with Crippen molar-refractivity contribution in [3.05, 3.63) is 35.4 Å². The van der Waals surface area contributed by atoms with Crippen LogP contribution in [0.4, 0.5) is 13.2 Å². The van der Waals surface area contributed by atoms with Gasteiger partial charge in [-0.1, -0.05) is 12.1 Å². The van der Waals surface area contributed by atoms with E-state index >= 15 is 0 Å². The lowest BCUT2D eigenvalue weighted by Crippen LogP contribution is -2.41. The second kappa shape index (κ2) is 7.31. The molecule has 1 atom stereocenters. The quantitative estimate of drug-likeness (QED) is 0.922. The van der Waals surface area contributed by atoms with Crippen LogP contribution < -0.4 is 0 Å². The molecule has 2 rings (SSSR count). The third-order valence-corrected chi connectivity index (χ3v) is 4.22. The van der Waals surface area contributed by atoms with Crippen molar-refractivity contribution in [3.63, 3.8) is 0 Å². The molecule has 0 radical (unpaired) electrons. The largest absolute Gasteiger partial charge is 0.480 e. The summed E-state index contributed by atoms with van der Waals surface area (Å²) >= 11 is 0. The van der Waals surface area contributed by atoms with E-state index in [1.54, 1.807) is 6.92 Å². The first-order chi connectivity index (χ1) is 10.8. The van der Waals surface area contributed by atoms with E-state index in [9.17, 15) is 18.0 Å². The van der Waals surface area contributed by atoms with Crippen molar-refractivity contribution < 1.29 is 23.1 Å². The van der Waals surface area contributed by atoms with Gasteiger partial charge in [-0.3, -0.25) is 14.6 Å². The van der Waals surface area contributed by atoms with E-state index in [2.05, 4.69) is 4.90 Å². The Bertz CT molecular complexity index is 531. The van der Waals surface area contributed by atoms with Crippen molar-refractivity contribution in [3.8, 4) is 0 Å². The number of carbonyl (C=O) groups is 1. The lowest BCUT2D eigenvalue weighted by Gasteiger charge is -2.24. The SMILES string of the molecule is CC(C(=O)O)N1CCCN(Cc2ccc(C(F)(F)F)cc2)CC1. The van der Waals surface area contributed by atoms with Crippen molar-refractivity contribution >= 4 is 5.97 Å². The maximum Gasteiger partial charge on any atom is 0.416 e. The Balaban J connectivity index is 1.92. The third-order valence-electron chi connectivity index (χ3n) is 4.22. The van der Waals surface area contributed by atoms with E-state index < -0.39 is 23.8 Å². The van der Waals surface area contributed by atoms with Gasteiger partial charge in [-0.25, -0.2) is 0 Å². The van der Waals surface area contributed by atoms with Gasteiger partial charge in [0.1, 0.15) is 6.04 Å². The highest BCUT2D eigenvalue weighted by Gasteiger charge is 2.30. The molecule has 1 fully saturated rings. The molecule has 23 heavy (non-hydrogen) atoms. The molecule has 1 unspecified atom stereocenters. The summed E-state index contributed by atoms with van der Waals surface area (Å²) in [6.07, 6.45) is -3.47. The predicted octanol–water partition coefficient (Wildman–Crippen LogP) is 2.69. The summed E-state index contributed by atoms with van der Waals surface area (Å²) in [6.45, 7) is 5.13. The molecule has 1 aromatic carbocycles. The van der Waals surface area contributed by atoms with E-state index in [0.29, 0.717) is 19.6 Å². The van der Waals surface area contributed by atoms with Gasteiger partial charge in [-0.2, -0.15) is 13.2 Å². The summed E-state index contributed by atoms with van der Waals surface area (Å²) in [5, 5.41) is 9.07. The molecule has 0 amide bonds. The number of rotatable bonds is 4. The number of nitrogens with zero attached hydrogens (tertiary/aromatic N) is 2. The molecule has 7 heteroatoms. The van der Waals surface area contributed by atoms with Crippen LogP contribution in [0.25, 0.3) is 0 Å². The van der Waals surface area contributed by atoms with Crippen LogP contribution in [0.2, 0.25) is 0 Å². The summed E-state index contributed by atoms with van der Waals surface area (Å²) in [6, 6.07) is 4.70. The van der Waals surface area contributed by atoms with Crippen molar-refractivity contribution in [1.29, 1.82) is 0 Å². The van der Waals surface area contributed by atoms with E-state index in [1.165, 1.54) is 12.1 Å². The zero-order valence-corrected chi connectivity index (χ0v) is 13.0. The zero-order valence-electron chi connectivity index (χ0n) is 13.0. The van der Waals surface area contributed by atoms with Crippen LogP contribution in [0, 0.1) is 0 Å². The first-order valence-electron chi connectivity index (χ1n) is 7.62. The minimum Gasteiger partial charge on any atom is -0.480 e. The highest BCUT2D eigenvalue weighted by molar-refractivity contribution is 5.72. The van der Waals surface area contributed by atoms with Crippen molar-refractivity contribution in [2.45, 2.75) is 32.1 Å². The van der Waals surface area contributed by atoms with Crippen molar-refractivity contribution in [1.82, 2.24) is 9.80 Å². The molecule has 0 aliphatic carbocycles. The van der Waals surface area contributed by atoms with Gasteiger partial charge in [-0.15, -0.1) is 0 Å². The first-order valence-corrected chi connectivity index (χ1v) is 7.62. The van der Waals surface area contributed by atoms with E-state index in [0.717, 1.165) is 37.2 Å². The Morgan fingerprint density at radius 2 is 1.83 bits per heavy atom. The van der Waals surface area contributed by atoms with Gasteiger partial charge in [-0.05, 0) is 37.6 Å². The fourth-order valence-electron chi connectivity index (χ4n) is 2.75. The number of alkyl halides is 3. The predicted molar refractivity (Wildman–Crippen MR) is 80.0 cm³/mol. The van der Waals surface area contributed by atoms with E-state index in [4.69, 9.17) is 5.11 Å². The monoisotopic (exact) mass is 330 g/mol. The van der Waals surface area contributed by atoms with Gasteiger partial charge >= 0.3 is 12.1 Å². The molecule has 1 heterocycles. The topological polar surface area (TPSA) is 43.8 Å². The Labute approximate surface area is 133 Å². The Morgan fingerprint density at radius 3 is 2.39 bits per heavy atom. The smallest absolute Gasteiger partial charge is 0.416 e. The van der Waals surface area contributed by atoms with Crippen LogP contribution in [-0.4, -0.2) is 53.1 Å². The Morgan fingerprint density at radius 1 is 1.17 bits per heavy atom. The number of carboxylic acid groups (broad SMARTS) is 1. The van der Waals surface area contributed by atoms with Crippen LogP contribution in [0.1, 0.15) is 24.5 Å². The van der Waals surface area contributed by atoms with Crippen LogP contribution in [-0.2, 0) is 17.5 Å². The lowest BCUT2D eigenvalue weighted by atomic mass is 10.1. The molecule has 1 aromatic rings. The van der Waals surface area contributed by atoms with E-state index in [-0.39, 0.29) is 0 Å². The number of halogens is 3. The molecular weight excluding hydrogens is 309 g/mol. The van der Waals surface area contributed by atoms with Crippen LogP contribution in [0.5, 0.6) is 0 Å². The minimum absolute atomic E-state index is 0.513. The van der Waals surface area contributed by atoms with E-state index in [1.807, 2.05) is 4.90 Å². The molecular formula is C16H21F3N2O2. The second-order valence-corrected chi connectivity index (χ2v) is 5.87. The van der Waals surface area contributed by atoms with Gasteiger partial charge < -0.3 is 5.11 Å². The van der Waals surface area contributed by atoms with Gasteiger partial charge in [0.2, 0.25) is 0 Å². The molecule has 128 valence electrons. The maximum atomic E-state index is 12.6. The molecule has 1 N–H and O–H groups in total. The molecule has 1 aliphatic rings. The number of hydrogen-bond acceptors (Lipinski definition) is 3. The lowest BCUT2D eigenvalue weighted by molar-refractivity contribution is -0.142. The van der Waals surface area contributed by atoms with Gasteiger partial charge in [0, 0.05) is 26.2 Å². The van der Waals surface area contributed by atoms with Crippen LogP contribution >= 0.6 is 0 Å². The number of benzene rings is 1. The zero-order chi connectivity index (χ0) is 17.0. The number of carboxylic acids is 1. The van der Waals surface area contributed by atoms with Gasteiger partial charge in [0.05, 0.1) is 5.56 Å². The van der Waals surface area contributed by atoms with Gasteiger partial charge in [0.15, 0.2) is 0 Å². The number of aliphatic carboxylic acids is 1. The molecule has 0 aromatic heterocycles. The first kappa shape index (κ1) is 17.7. The summed E-state index contributed by atoms with van der Waals surface area (Å²) < 4.78 is 37.7. The normalized spacial score (nSPS) is 19.3. The number of hydrogen-bond donors (Lipinski definition) is 1. The Kier molecular flexibility index (Phi) is 5.64. The van der Waals surface area contributed by atoms with Crippen LogP contribution in [0.15, 0.2) is 24.3 Å². The average Bonchev–Trinajstić information content (AvgIpc) is 2.71. The fraction of sp³-hybridized carbons (Fsp3) is 0.562. The molecule has 0 bridgehead atoms. The highest BCUT2D eigenvalue weighted by Crippen LogP contribution is 2.29. The summed E-state index contributed by atoms with van der Waals surface area (Å²) in [4.78, 5) is 15.1. The molecule has 1 aliphatic heterocycles. The molecule has 1 saturated heterocycles. The Hall–Kier alpha value is -1.60. The summed E-state index contributed by atoms with van der Waals surface area (Å²) in [7, 11) is 0. The maximum absolute atomic E-state index is 12.6. The van der Waals surface area contributed by atoms with Gasteiger partial charge in [0.25, 0.3) is 0 Å². The highest BCUT2D eigenvalue weighted by atomic mass is 19.4. The van der Waals surface area contributed by atoms with Crippen LogP contribution in [0.3, 0.4) is 0 Å². The molecule has 4 nitrogen and oxygen atoms in total. The molecule has 0 spiro atoms. The van der Waals surface area contributed by atoms with Crippen molar-refractivity contribution in [2.24, 2.45) is 0 Å². The fourth-order valence-corrected chi connectivity index (χ4v) is 2.75. The van der Waals surface area contributed by atoms with Crippen molar-refractivity contribution in [2.75, 3.05) is 26.2 Å². The summed E-state index contributed by atoms with van der Waals surface area (Å²) in [5.41, 5.74) is 0.191. The average molecular weight is 330 g/mol. The molecule has 0 saturated carbocycles. The minimum atomic E-state index is -4.31. The standard InChI is InChI=1S/C16H21F3N2O2/c1-12(15(22)23)21-8-2-7-20(9-10-21)11-13-3-5-14(6-4-13)16(17,18)19/h3-6,12H,2,7-11H2,1H3,(H,22,23). The summed E-state index contributed by atoms with van der Waals surface area (Å²) in [5.74, 6) is -0.832. The third kappa shape index (κ3) is 4.94.